The molecule has 0 aliphatic rings. The van der Waals surface area contributed by atoms with E-state index in [1.165, 1.54) is 4.31 Å². The fraction of sp³-hybridized carbons (Fsp3) is 0.381. The highest BCUT2D eigenvalue weighted by Gasteiger charge is 2.32. The number of hydrogen-bond donors (Lipinski definition) is 1. The second kappa shape index (κ2) is 9.10. The highest BCUT2D eigenvalue weighted by atomic mass is 32.2. The summed E-state index contributed by atoms with van der Waals surface area (Å²) in [6.45, 7) is 5.59. The van der Waals surface area contributed by atoms with E-state index in [0.29, 0.717) is 12.1 Å². The highest BCUT2D eigenvalue weighted by Crippen LogP contribution is 2.24. The third-order valence-corrected chi connectivity index (χ3v) is 5.77. The van der Waals surface area contributed by atoms with Crippen molar-refractivity contribution in [3.8, 4) is 5.75 Å². The van der Waals surface area contributed by atoms with Crippen molar-refractivity contribution in [3.05, 3.63) is 59.7 Å². The minimum absolute atomic E-state index is 0.271. The predicted molar refractivity (Wildman–Crippen MR) is 112 cm³/mol. The van der Waals surface area contributed by atoms with E-state index in [1.54, 1.807) is 26.2 Å². The number of aryl methyl sites for hydroxylation is 1. The average Bonchev–Trinajstić information content (AvgIpc) is 2.66. The van der Waals surface area contributed by atoms with Gasteiger partial charge in [0.25, 0.3) is 0 Å². The molecule has 152 valence electrons. The summed E-state index contributed by atoms with van der Waals surface area (Å²) < 4.78 is 31.3. The summed E-state index contributed by atoms with van der Waals surface area (Å²) in [7, 11) is -2.05. The number of methoxy groups -OCH3 is 1. The lowest BCUT2D eigenvalue weighted by atomic mass is 10.1. The molecule has 28 heavy (non-hydrogen) atoms. The van der Waals surface area contributed by atoms with Crippen molar-refractivity contribution in [2.24, 2.45) is 0 Å². The topological polar surface area (TPSA) is 75.7 Å². The van der Waals surface area contributed by atoms with E-state index >= 15 is 0 Å². The molecule has 0 spiro atoms. The number of ether oxygens (including phenoxy) is 1. The van der Waals surface area contributed by atoms with Gasteiger partial charge in [-0.1, -0.05) is 36.8 Å². The Morgan fingerprint density at radius 1 is 1.11 bits per heavy atom. The molecule has 1 N–H and O–H groups in total. The van der Waals surface area contributed by atoms with Gasteiger partial charge in [0, 0.05) is 0 Å². The molecule has 7 heteroatoms. The van der Waals surface area contributed by atoms with Gasteiger partial charge in [0.1, 0.15) is 11.8 Å². The van der Waals surface area contributed by atoms with E-state index < -0.39 is 16.1 Å². The number of carbonyl (C=O) groups is 1. The van der Waals surface area contributed by atoms with Crippen LogP contribution in [0.5, 0.6) is 5.75 Å². The summed E-state index contributed by atoms with van der Waals surface area (Å²) in [6, 6.07) is 13.4. The molecule has 6 nitrogen and oxygen atoms in total. The molecule has 0 radical (unpaired) electrons. The first-order chi connectivity index (χ1) is 13.2. The first-order valence-corrected chi connectivity index (χ1v) is 11.0. The Hall–Kier alpha value is -2.54. The standard InChI is InChI=1S/C21H28N2O4S/c1-6-20(23(28(5,25)26)18-11-7-15(2)8-12-18)21(24)22-16(3)17-9-13-19(27-4)14-10-17/h7-14,16,20H,6H2,1-5H3,(H,22,24). The quantitative estimate of drug-likeness (QED) is 0.731. The summed E-state index contributed by atoms with van der Waals surface area (Å²) in [5, 5.41) is 2.93. The van der Waals surface area contributed by atoms with Crippen molar-refractivity contribution in [1.29, 1.82) is 0 Å². The molecule has 0 aromatic heterocycles. The van der Waals surface area contributed by atoms with Gasteiger partial charge in [-0.15, -0.1) is 0 Å². The summed E-state index contributed by atoms with van der Waals surface area (Å²) >= 11 is 0. The summed E-state index contributed by atoms with van der Waals surface area (Å²) in [5.41, 5.74) is 2.40. The Kier molecular flexibility index (Phi) is 7.07. The first kappa shape index (κ1) is 21.8. The summed E-state index contributed by atoms with van der Waals surface area (Å²) in [6.07, 6.45) is 1.47. The Labute approximate surface area is 167 Å². The molecule has 0 bridgehead atoms. The van der Waals surface area contributed by atoms with E-state index in [0.717, 1.165) is 23.1 Å². The molecule has 2 aromatic rings. The van der Waals surface area contributed by atoms with Gasteiger partial charge in [-0.05, 0) is 50.1 Å². The minimum Gasteiger partial charge on any atom is -0.497 e. The van der Waals surface area contributed by atoms with Crippen molar-refractivity contribution in [2.75, 3.05) is 17.7 Å². The van der Waals surface area contributed by atoms with Crippen LogP contribution >= 0.6 is 0 Å². The molecule has 2 rings (SSSR count). The predicted octanol–water partition coefficient (Wildman–Crippen LogP) is 3.43. The van der Waals surface area contributed by atoms with E-state index in [2.05, 4.69) is 5.32 Å². The van der Waals surface area contributed by atoms with E-state index in [4.69, 9.17) is 4.74 Å². The number of benzene rings is 2. The van der Waals surface area contributed by atoms with Crippen LogP contribution in [0.2, 0.25) is 0 Å². The fourth-order valence-corrected chi connectivity index (χ4v) is 4.25. The number of anilines is 1. The van der Waals surface area contributed by atoms with Crippen LogP contribution in [0, 0.1) is 6.92 Å². The number of hydrogen-bond acceptors (Lipinski definition) is 4. The summed E-state index contributed by atoms with van der Waals surface area (Å²) in [5.74, 6) is 0.396. The number of nitrogens with zero attached hydrogens (tertiary/aromatic N) is 1. The average molecular weight is 405 g/mol. The van der Waals surface area contributed by atoms with Crippen molar-refractivity contribution < 1.29 is 17.9 Å². The van der Waals surface area contributed by atoms with Crippen LogP contribution in [-0.2, 0) is 14.8 Å². The van der Waals surface area contributed by atoms with Crippen LogP contribution < -0.4 is 14.4 Å². The smallest absolute Gasteiger partial charge is 0.244 e. The van der Waals surface area contributed by atoms with Crippen LogP contribution in [-0.4, -0.2) is 33.7 Å². The minimum atomic E-state index is -3.64. The number of nitrogens with one attached hydrogen (secondary N) is 1. The normalized spacial score (nSPS) is 13.5. The van der Waals surface area contributed by atoms with Gasteiger partial charge in [-0.25, -0.2) is 8.42 Å². The number of sulfonamides is 1. The number of rotatable bonds is 8. The van der Waals surface area contributed by atoms with Gasteiger partial charge in [0.05, 0.1) is 25.1 Å². The van der Waals surface area contributed by atoms with Crippen LogP contribution in [0.3, 0.4) is 0 Å². The number of amides is 1. The molecule has 0 aliphatic carbocycles. The maximum Gasteiger partial charge on any atom is 0.244 e. The summed E-state index contributed by atoms with van der Waals surface area (Å²) in [4.78, 5) is 13.0. The monoisotopic (exact) mass is 404 g/mol. The lowest BCUT2D eigenvalue weighted by Gasteiger charge is -2.31. The molecule has 0 saturated carbocycles. The van der Waals surface area contributed by atoms with Gasteiger partial charge < -0.3 is 10.1 Å². The van der Waals surface area contributed by atoms with Crippen LogP contribution in [0.25, 0.3) is 0 Å². The molecule has 0 heterocycles. The fourth-order valence-electron chi connectivity index (χ4n) is 3.04. The molecule has 2 unspecified atom stereocenters. The SMILES string of the molecule is CCC(C(=O)NC(C)c1ccc(OC)cc1)N(c1ccc(C)cc1)S(C)(=O)=O. The highest BCUT2D eigenvalue weighted by molar-refractivity contribution is 7.92. The molecule has 1 amide bonds. The Bertz CT molecular complexity index is 893. The van der Waals surface area contributed by atoms with E-state index in [9.17, 15) is 13.2 Å². The first-order valence-electron chi connectivity index (χ1n) is 9.17. The van der Waals surface area contributed by atoms with E-state index in [1.807, 2.05) is 50.2 Å². The lowest BCUT2D eigenvalue weighted by Crippen LogP contribution is -2.49. The van der Waals surface area contributed by atoms with Crippen LogP contribution in [0.1, 0.15) is 37.4 Å². The molecule has 0 aliphatic heterocycles. The van der Waals surface area contributed by atoms with Crippen molar-refractivity contribution in [1.82, 2.24) is 5.32 Å². The van der Waals surface area contributed by atoms with Crippen LogP contribution in [0.4, 0.5) is 5.69 Å². The van der Waals surface area contributed by atoms with Crippen molar-refractivity contribution in [3.63, 3.8) is 0 Å². The van der Waals surface area contributed by atoms with Gasteiger partial charge in [0.2, 0.25) is 15.9 Å². The van der Waals surface area contributed by atoms with Gasteiger partial charge in [-0.2, -0.15) is 0 Å². The van der Waals surface area contributed by atoms with Gasteiger partial charge in [0.15, 0.2) is 0 Å². The molecule has 2 aromatic carbocycles. The third-order valence-electron chi connectivity index (χ3n) is 4.59. The zero-order valence-corrected chi connectivity index (χ0v) is 17.8. The maximum absolute atomic E-state index is 13.0. The largest absolute Gasteiger partial charge is 0.497 e. The molecule has 0 fully saturated rings. The Balaban J connectivity index is 2.26. The molecule has 2 atom stereocenters. The second-order valence-corrected chi connectivity index (χ2v) is 8.68. The molecule has 0 saturated heterocycles. The van der Waals surface area contributed by atoms with Gasteiger partial charge in [-0.3, -0.25) is 9.10 Å². The second-order valence-electron chi connectivity index (χ2n) is 6.82. The molecular weight excluding hydrogens is 376 g/mol. The number of carbonyl (C=O) groups excluding carboxylic acids is 1. The van der Waals surface area contributed by atoms with Crippen molar-refractivity contribution >= 4 is 21.6 Å². The van der Waals surface area contributed by atoms with E-state index in [-0.39, 0.29) is 11.9 Å². The maximum atomic E-state index is 13.0. The van der Waals surface area contributed by atoms with Crippen LogP contribution in [0.15, 0.2) is 48.5 Å². The Morgan fingerprint density at radius 3 is 2.14 bits per heavy atom. The molecular formula is C21H28N2O4S. The Morgan fingerprint density at radius 2 is 1.68 bits per heavy atom. The lowest BCUT2D eigenvalue weighted by molar-refractivity contribution is -0.122. The zero-order valence-electron chi connectivity index (χ0n) is 17.0. The van der Waals surface area contributed by atoms with Crippen molar-refractivity contribution in [2.45, 2.75) is 39.3 Å². The third kappa shape index (κ3) is 5.25. The van der Waals surface area contributed by atoms with Gasteiger partial charge >= 0.3 is 0 Å². The zero-order chi connectivity index (χ0) is 20.9.